The average molecular weight is 301 g/mol. The molecule has 3 nitrogen and oxygen atoms in total. The molecule has 0 saturated carbocycles. The molecule has 0 aromatic carbocycles. The summed E-state index contributed by atoms with van der Waals surface area (Å²) in [5.74, 6) is -1.89. The van der Waals surface area contributed by atoms with E-state index in [1.54, 1.807) is 22.6 Å². The van der Waals surface area contributed by atoms with Crippen LogP contribution in [-0.2, 0) is 0 Å². The fourth-order valence-electron chi connectivity index (χ4n) is 0.594. The molecule has 0 aliphatic carbocycles. The Kier molecular flexibility index (Phi) is 2.84. The topological polar surface area (TPSA) is 50.2 Å². The third-order valence-electron chi connectivity index (χ3n) is 1.09. The molecule has 0 bridgehead atoms. The summed E-state index contributed by atoms with van der Waals surface area (Å²) in [6.45, 7) is 0. The van der Waals surface area contributed by atoms with E-state index in [1.807, 2.05) is 0 Å². The molecule has 0 amide bonds. The van der Waals surface area contributed by atoms with Crippen molar-refractivity contribution in [2.24, 2.45) is 0 Å². The van der Waals surface area contributed by atoms with E-state index >= 15 is 0 Å². The average Bonchev–Trinajstić information content (AvgIpc) is 1.96. The van der Waals surface area contributed by atoms with Crippen LogP contribution in [0.1, 0.15) is 10.5 Å². The smallest absolute Gasteiger partial charge is 0.356 e. The second-order valence-corrected chi connectivity index (χ2v) is 3.33. The fourth-order valence-corrected chi connectivity index (χ4v) is 1.21. The number of pyridine rings is 1. The quantitative estimate of drug-likeness (QED) is 0.639. The highest BCUT2D eigenvalue weighted by molar-refractivity contribution is 14.1. The summed E-state index contributed by atoms with van der Waals surface area (Å²) in [6, 6.07) is 0.930. The van der Waals surface area contributed by atoms with Gasteiger partial charge in [0.25, 0.3) is 0 Å². The van der Waals surface area contributed by atoms with Gasteiger partial charge in [0.05, 0.1) is 5.02 Å². The van der Waals surface area contributed by atoms with Gasteiger partial charge in [-0.1, -0.05) is 11.6 Å². The molecule has 0 radical (unpaired) electrons. The van der Waals surface area contributed by atoms with Gasteiger partial charge in [-0.05, 0) is 28.7 Å². The molecule has 0 atom stereocenters. The molecule has 64 valence electrons. The Bertz CT molecular complexity index is 345. The number of nitrogens with zero attached hydrogens (tertiary/aromatic N) is 1. The first-order valence-corrected chi connectivity index (χ1v) is 4.23. The van der Waals surface area contributed by atoms with E-state index in [4.69, 9.17) is 16.7 Å². The van der Waals surface area contributed by atoms with Crippen LogP contribution in [0, 0.1) is 9.52 Å². The van der Waals surface area contributed by atoms with Crippen LogP contribution in [0.2, 0.25) is 5.02 Å². The van der Waals surface area contributed by atoms with E-state index in [0.29, 0.717) is 0 Å². The first-order chi connectivity index (χ1) is 5.52. The predicted octanol–water partition coefficient (Wildman–Crippen LogP) is 2.18. The normalized spacial score (nSPS) is 9.92. The maximum Gasteiger partial charge on any atom is 0.356 e. The highest BCUT2D eigenvalue weighted by Crippen LogP contribution is 2.18. The van der Waals surface area contributed by atoms with Crippen LogP contribution in [0.3, 0.4) is 0 Å². The van der Waals surface area contributed by atoms with Gasteiger partial charge in [0, 0.05) is 0 Å². The van der Waals surface area contributed by atoms with Gasteiger partial charge in [0.1, 0.15) is 3.70 Å². The molecule has 0 aliphatic heterocycles. The predicted molar refractivity (Wildman–Crippen MR) is 48.9 cm³/mol. The van der Waals surface area contributed by atoms with Crippen molar-refractivity contribution in [3.05, 3.63) is 26.3 Å². The number of hydrogen-bond donors (Lipinski definition) is 1. The number of carboxylic acid groups (broad SMARTS) is 1. The molecule has 12 heavy (non-hydrogen) atoms. The van der Waals surface area contributed by atoms with Crippen LogP contribution < -0.4 is 0 Å². The van der Waals surface area contributed by atoms with Crippen molar-refractivity contribution >= 4 is 40.2 Å². The van der Waals surface area contributed by atoms with Crippen molar-refractivity contribution in [3.8, 4) is 0 Å². The zero-order valence-corrected chi connectivity index (χ0v) is 8.43. The number of carboxylic acids is 1. The van der Waals surface area contributed by atoms with Crippen LogP contribution in [0.4, 0.5) is 4.39 Å². The van der Waals surface area contributed by atoms with Gasteiger partial charge in [0.15, 0.2) is 11.5 Å². The number of carbonyl (C=O) groups is 1. The Morgan fingerprint density at radius 1 is 1.75 bits per heavy atom. The standard InChI is InChI=1S/C6H2ClFINO2/c7-2-1-3(8)5(9)10-4(2)6(11)12/h1H,(H,11,12). The number of aromatic carboxylic acids is 1. The van der Waals surface area contributed by atoms with E-state index in [-0.39, 0.29) is 14.4 Å². The molecule has 6 heteroatoms. The van der Waals surface area contributed by atoms with E-state index < -0.39 is 11.8 Å². The second-order valence-electron chi connectivity index (χ2n) is 1.90. The molecule has 1 aromatic heterocycles. The molecular weight excluding hydrogens is 299 g/mol. The lowest BCUT2D eigenvalue weighted by Crippen LogP contribution is -2.04. The van der Waals surface area contributed by atoms with Crippen LogP contribution in [0.25, 0.3) is 0 Å². The lowest BCUT2D eigenvalue weighted by molar-refractivity contribution is 0.0690. The minimum atomic E-state index is -1.27. The Balaban J connectivity index is 3.33. The lowest BCUT2D eigenvalue weighted by Gasteiger charge is -1.98. The van der Waals surface area contributed by atoms with Crippen molar-refractivity contribution in [2.75, 3.05) is 0 Å². The summed E-state index contributed by atoms with van der Waals surface area (Å²) >= 11 is 7.00. The van der Waals surface area contributed by atoms with Gasteiger partial charge in [-0.25, -0.2) is 14.2 Å². The SMILES string of the molecule is O=C(O)c1nc(I)c(F)cc1Cl. The van der Waals surface area contributed by atoms with Gasteiger partial charge in [0.2, 0.25) is 0 Å². The van der Waals surface area contributed by atoms with Crippen molar-refractivity contribution in [1.82, 2.24) is 4.98 Å². The highest BCUT2D eigenvalue weighted by atomic mass is 127. The molecule has 1 N–H and O–H groups in total. The summed E-state index contributed by atoms with van der Waals surface area (Å²) in [4.78, 5) is 13.9. The Labute approximate surface area is 85.7 Å². The largest absolute Gasteiger partial charge is 0.476 e. The molecule has 0 spiro atoms. The van der Waals surface area contributed by atoms with Gasteiger partial charge in [-0.3, -0.25) is 0 Å². The summed E-state index contributed by atoms with van der Waals surface area (Å²) in [5, 5.41) is 8.31. The van der Waals surface area contributed by atoms with Crippen LogP contribution in [-0.4, -0.2) is 16.1 Å². The number of halogens is 3. The zero-order valence-electron chi connectivity index (χ0n) is 5.51. The molecule has 0 fully saturated rings. The number of hydrogen-bond acceptors (Lipinski definition) is 2. The number of aromatic nitrogens is 1. The van der Waals surface area contributed by atoms with E-state index in [9.17, 15) is 9.18 Å². The van der Waals surface area contributed by atoms with Crippen LogP contribution in [0.15, 0.2) is 6.07 Å². The monoisotopic (exact) mass is 301 g/mol. The minimum absolute atomic E-state index is 0.00519. The molecular formula is C6H2ClFINO2. The highest BCUT2D eigenvalue weighted by Gasteiger charge is 2.13. The number of rotatable bonds is 1. The summed E-state index contributed by atoms with van der Waals surface area (Å²) in [6.07, 6.45) is 0. The molecule has 1 heterocycles. The van der Waals surface area contributed by atoms with Crippen molar-refractivity contribution in [1.29, 1.82) is 0 Å². The Hall–Kier alpha value is -0.430. The van der Waals surface area contributed by atoms with E-state index in [1.165, 1.54) is 0 Å². The van der Waals surface area contributed by atoms with Crippen LogP contribution >= 0.6 is 34.2 Å². The molecule has 1 aromatic rings. The molecule has 0 saturated heterocycles. The molecule has 0 aliphatic rings. The van der Waals surface area contributed by atoms with Crippen molar-refractivity contribution in [2.45, 2.75) is 0 Å². The maximum atomic E-state index is 12.7. The van der Waals surface area contributed by atoms with Crippen molar-refractivity contribution < 1.29 is 14.3 Å². The van der Waals surface area contributed by atoms with Gasteiger partial charge in [-0.2, -0.15) is 0 Å². The zero-order chi connectivity index (χ0) is 9.30. The minimum Gasteiger partial charge on any atom is -0.476 e. The lowest BCUT2D eigenvalue weighted by atomic mass is 10.3. The van der Waals surface area contributed by atoms with Gasteiger partial charge < -0.3 is 5.11 Å². The van der Waals surface area contributed by atoms with E-state index in [0.717, 1.165) is 6.07 Å². The molecule has 0 unspecified atom stereocenters. The Morgan fingerprint density at radius 3 is 2.83 bits per heavy atom. The first-order valence-electron chi connectivity index (χ1n) is 2.77. The third kappa shape index (κ3) is 1.84. The van der Waals surface area contributed by atoms with E-state index in [2.05, 4.69) is 4.98 Å². The summed E-state index contributed by atoms with van der Waals surface area (Å²) in [5.41, 5.74) is -0.331. The molecule has 1 rings (SSSR count). The van der Waals surface area contributed by atoms with Crippen molar-refractivity contribution in [3.63, 3.8) is 0 Å². The fraction of sp³-hybridized carbons (Fsp3) is 0. The van der Waals surface area contributed by atoms with Crippen LogP contribution in [0.5, 0.6) is 0 Å². The summed E-state index contributed by atoms with van der Waals surface area (Å²) in [7, 11) is 0. The second kappa shape index (κ2) is 3.53. The third-order valence-corrected chi connectivity index (χ3v) is 2.13. The maximum absolute atomic E-state index is 12.7. The van der Waals surface area contributed by atoms with Gasteiger partial charge >= 0.3 is 5.97 Å². The Morgan fingerprint density at radius 2 is 2.33 bits per heavy atom. The first kappa shape index (κ1) is 9.66. The van der Waals surface area contributed by atoms with Gasteiger partial charge in [-0.15, -0.1) is 0 Å². The summed E-state index contributed by atoms with van der Waals surface area (Å²) < 4.78 is 12.7.